The summed E-state index contributed by atoms with van der Waals surface area (Å²) in [6.07, 6.45) is -0.840. The Bertz CT molecular complexity index is 583. The van der Waals surface area contributed by atoms with Crippen molar-refractivity contribution in [2.45, 2.75) is 0 Å². The third-order valence-electron chi connectivity index (χ3n) is 1.89. The van der Waals surface area contributed by atoms with Crippen LogP contribution in [0.2, 0.25) is 0 Å². The number of aromatic nitrogens is 1. The molecule has 2 rings (SSSR count). The quantitative estimate of drug-likeness (QED) is 0.735. The van der Waals surface area contributed by atoms with Gasteiger partial charge in [-0.25, -0.2) is 4.79 Å². The van der Waals surface area contributed by atoms with Gasteiger partial charge in [-0.3, -0.25) is 4.79 Å². The molecule has 2 aromatic rings. The van der Waals surface area contributed by atoms with Crippen LogP contribution in [0.15, 0.2) is 32.0 Å². The first-order chi connectivity index (χ1) is 7.13. The molecule has 0 saturated heterocycles. The summed E-state index contributed by atoms with van der Waals surface area (Å²) in [4.78, 5) is 22.8. The molecule has 1 heterocycles. The molecule has 1 aromatic heterocycles. The summed E-state index contributed by atoms with van der Waals surface area (Å²) in [6.45, 7) is 0. The van der Waals surface area contributed by atoms with E-state index in [1.165, 1.54) is 7.11 Å². The van der Waals surface area contributed by atoms with Crippen molar-refractivity contribution in [3.63, 3.8) is 0 Å². The van der Waals surface area contributed by atoms with E-state index in [9.17, 15) is 9.59 Å². The Morgan fingerprint density at radius 1 is 1.53 bits per heavy atom. The smallest absolute Gasteiger partial charge is 0.450 e. The van der Waals surface area contributed by atoms with Gasteiger partial charge in [0, 0.05) is 4.47 Å². The summed E-state index contributed by atoms with van der Waals surface area (Å²) < 4.78 is 10.7. The molecule has 0 fully saturated rings. The third kappa shape index (κ3) is 1.56. The van der Waals surface area contributed by atoms with Crippen LogP contribution in [0, 0.1) is 0 Å². The maximum absolute atomic E-state index is 11.6. The molecule has 0 radical (unpaired) electrons. The average Bonchev–Trinajstić information content (AvgIpc) is 2.55. The third-order valence-corrected chi connectivity index (χ3v) is 2.38. The van der Waals surface area contributed by atoms with E-state index in [1.807, 2.05) is 0 Å². The van der Waals surface area contributed by atoms with Gasteiger partial charge in [-0.2, -0.15) is 0 Å². The Kier molecular flexibility index (Phi) is 2.36. The lowest BCUT2D eigenvalue weighted by atomic mass is 10.3. The fourth-order valence-corrected chi connectivity index (χ4v) is 1.56. The number of carbonyl (C=O) groups excluding carboxylic acids is 1. The minimum atomic E-state index is -0.840. The van der Waals surface area contributed by atoms with Crippen LogP contribution in [0.4, 0.5) is 4.79 Å². The Morgan fingerprint density at radius 3 is 2.93 bits per heavy atom. The number of benzene rings is 1. The predicted octanol–water partition coefficient (Wildman–Crippen LogP) is 1.97. The number of hydrogen-bond acceptors (Lipinski definition) is 4. The number of carbonyl (C=O) groups is 1. The van der Waals surface area contributed by atoms with E-state index >= 15 is 0 Å². The summed E-state index contributed by atoms with van der Waals surface area (Å²) in [5.41, 5.74) is -0.188. The number of halogens is 1. The van der Waals surface area contributed by atoms with Gasteiger partial charge in [0.05, 0.1) is 12.5 Å². The first-order valence-electron chi connectivity index (χ1n) is 4.03. The van der Waals surface area contributed by atoms with Crippen molar-refractivity contribution >= 4 is 33.0 Å². The monoisotopic (exact) mass is 271 g/mol. The molecule has 0 aliphatic rings. The highest BCUT2D eigenvalue weighted by molar-refractivity contribution is 9.10. The van der Waals surface area contributed by atoms with E-state index in [4.69, 9.17) is 4.52 Å². The molecule has 0 atom stereocenters. The number of fused-ring (bicyclic) bond motifs is 1. The molecule has 5 nitrogen and oxygen atoms in total. The summed E-state index contributed by atoms with van der Waals surface area (Å²) in [5, 5.41) is 0.328. The zero-order valence-corrected chi connectivity index (χ0v) is 9.28. The largest absolute Gasteiger partial charge is 0.450 e. The van der Waals surface area contributed by atoms with Crippen molar-refractivity contribution in [2.24, 2.45) is 0 Å². The fourth-order valence-electron chi connectivity index (χ4n) is 1.20. The Labute approximate surface area is 92.3 Å². The van der Waals surface area contributed by atoms with Crippen LogP contribution in [0.5, 0.6) is 0 Å². The number of rotatable bonds is 0. The second-order valence-corrected chi connectivity index (χ2v) is 3.72. The van der Waals surface area contributed by atoms with E-state index in [2.05, 4.69) is 20.7 Å². The Balaban J connectivity index is 2.75. The SMILES string of the molecule is COC(=O)n1oc2ccc(Br)cc2c1=O. The normalized spacial score (nSPS) is 10.5. The van der Waals surface area contributed by atoms with Crippen molar-refractivity contribution in [1.29, 1.82) is 0 Å². The van der Waals surface area contributed by atoms with Gasteiger partial charge >= 0.3 is 11.7 Å². The van der Waals surface area contributed by atoms with Gasteiger partial charge in [0.25, 0.3) is 0 Å². The molecule has 0 amide bonds. The maximum atomic E-state index is 11.6. The molecule has 0 spiro atoms. The zero-order valence-electron chi connectivity index (χ0n) is 7.69. The fraction of sp³-hybridized carbons (Fsp3) is 0.111. The van der Waals surface area contributed by atoms with E-state index < -0.39 is 11.7 Å². The number of methoxy groups -OCH3 is 1. The van der Waals surface area contributed by atoms with Crippen molar-refractivity contribution in [3.05, 3.63) is 33.0 Å². The standard InChI is InChI=1S/C9H6BrNO4/c1-14-9(13)11-8(12)6-4-5(10)2-3-7(6)15-11/h2-4H,1H3. The molecule has 0 bridgehead atoms. The van der Waals surface area contributed by atoms with Crippen LogP contribution in [0.3, 0.4) is 0 Å². The van der Waals surface area contributed by atoms with Gasteiger partial charge in [0.2, 0.25) is 0 Å². The first-order valence-corrected chi connectivity index (χ1v) is 4.82. The topological polar surface area (TPSA) is 61.4 Å². The lowest BCUT2D eigenvalue weighted by Gasteiger charge is -1.93. The zero-order chi connectivity index (χ0) is 11.0. The lowest BCUT2D eigenvalue weighted by molar-refractivity contribution is 0.143. The van der Waals surface area contributed by atoms with Crippen molar-refractivity contribution in [3.8, 4) is 0 Å². The highest BCUT2D eigenvalue weighted by Crippen LogP contribution is 2.17. The van der Waals surface area contributed by atoms with Crippen molar-refractivity contribution < 1.29 is 14.1 Å². The van der Waals surface area contributed by atoms with E-state index in [-0.39, 0.29) is 0 Å². The summed E-state index contributed by atoms with van der Waals surface area (Å²) in [5.74, 6) is 0. The number of ether oxygens (including phenoxy) is 1. The Hall–Kier alpha value is -1.56. The van der Waals surface area contributed by atoms with Crippen LogP contribution < -0.4 is 5.56 Å². The molecular formula is C9H6BrNO4. The molecule has 0 N–H and O–H groups in total. The molecule has 0 unspecified atom stereocenters. The minimum Gasteiger partial charge on any atom is -0.450 e. The molecule has 15 heavy (non-hydrogen) atoms. The summed E-state index contributed by atoms with van der Waals surface area (Å²) >= 11 is 3.22. The summed E-state index contributed by atoms with van der Waals surface area (Å²) in [6, 6.07) is 4.90. The van der Waals surface area contributed by atoms with Gasteiger partial charge in [0.15, 0.2) is 5.58 Å². The minimum absolute atomic E-state index is 0.328. The van der Waals surface area contributed by atoms with Crippen LogP contribution in [-0.2, 0) is 4.74 Å². The molecule has 1 aromatic carbocycles. The van der Waals surface area contributed by atoms with Gasteiger partial charge < -0.3 is 9.26 Å². The van der Waals surface area contributed by atoms with Crippen molar-refractivity contribution in [1.82, 2.24) is 4.74 Å². The van der Waals surface area contributed by atoms with Crippen LogP contribution in [0.1, 0.15) is 0 Å². The Morgan fingerprint density at radius 2 is 2.27 bits per heavy atom. The highest BCUT2D eigenvalue weighted by atomic mass is 79.9. The maximum Gasteiger partial charge on any atom is 0.450 e. The number of nitrogens with zero attached hydrogens (tertiary/aromatic N) is 1. The molecular weight excluding hydrogens is 266 g/mol. The molecule has 78 valence electrons. The second kappa shape index (κ2) is 3.54. The van der Waals surface area contributed by atoms with Gasteiger partial charge in [-0.05, 0) is 18.2 Å². The average molecular weight is 272 g/mol. The van der Waals surface area contributed by atoms with E-state index in [0.717, 1.165) is 4.47 Å². The van der Waals surface area contributed by atoms with Crippen LogP contribution in [0.25, 0.3) is 11.0 Å². The molecule has 0 saturated carbocycles. The van der Waals surface area contributed by atoms with Crippen molar-refractivity contribution in [2.75, 3.05) is 7.11 Å². The molecule has 0 aliphatic carbocycles. The summed E-state index contributed by atoms with van der Waals surface area (Å²) in [7, 11) is 1.18. The van der Waals surface area contributed by atoms with Gasteiger partial charge in [0.1, 0.15) is 0 Å². The highest BCUT2D eigenvalue weighted by Gasteiger charge is 2.15. The number of hydrogen-bond donors (Lipinski definition) is 0. The van der Waals surface area contributed by atoms with Crippen LogP contribution >= 0.6 is 15.9 Å². The lowest BCUT2D eigenvalue weighted by Crippen LogP contribution is -2.22. The van der Waals surface area contributed by atoms with Crippen LogP contribution in [-0.4, -0.2) is 17.9 Å². The first kappa shape index (κ1) is 9.97. The predicted molar refractivity (Wildman–Crippen MR) is 56.0 cm³/mol. The van der Waals surface area contributed by atoms with E-state index in [1.54, 1.807) is 18.2 Å². The van der Waals surface area contributed by atoms with E-state index in [0.29, 0.717) is 15.7 Å². The molecule has 6 heteroatoms. The second-order valence-electron chi connectivity index (χ2n) is 2.80. The van der Waals surface area contributed by atoms with Gasteiger partial charge in [-0.15, -0.1) is 0 Å². The molecule has 0 aliphatic heterocycles. The van der Waals surface area contributed by atoms with Gasteiger partial charge in [-0.1, -0.05) is 20.7 Å².